The average molecular weight is 401 g/mol. The van der Waals surface area contributed by atoms with Gasteiger partial charge in [0, 0.05) is 18.2 Å². The van der Waals surface area contributed by atoms with Crippen LogP contribution >= 0.6 is 12.2 Å². The molecule has 6 nitrogen and oxygen atoms in total. The zero-order chi connectivity index (χ0) is 20.2. The molecule has 1 amide bonds. The van der Waals surface area contributed by atoms with E-state index in [0.717, 1.165) is 18.6 Å². The second-order valence-electron chi connectivity index (χ2n) is 6.04. The number of methoxy groups -OCH3 is 1. The molecule has 0 spiro atoms. The molecule has 0 radical (unpaired) electrons. The molecule has 0 aromatic heterocycles. The highest BCUT2D eigenvalue weighted by molar-refractivity contribution is 7.80. The van der Waals surface area contributed by atoms with Gasteiger partial charge in [0.25, 0.3) is 0 Å². The van der Waals surface area contributed by atoms with Crippen molar-refractivity contribution < 1.29 is 19.1 Å². The van der Waals surface area contributed by atoms with Crippen LogP contribution in [0, 0.1) is 0 Å². The van der Waals surface area contributed by atoms with Crippen LogP contribution in [-0.2, 0) is 20.7 Å². The minimum absolute atomic E-state index is 0.0112. The van der Waals surface area contributed by atoms with Crippen molar-refractivity contribution in [3.63, 3.8) is 0 Å². The number of rotatable bonds is 9. The molecule has 0 unspecified atom stereocenters. The van der Waals surface area contributed by atoms with E-state index in [4.69, 9.17) is 17.0 Å². The van der Waals surface area contributed by atoms with Gasteiger partial charge in [-0.25, -0.2) is 0 Å². The zero-order valence-electron chi connectivity index (χ0n) is 15.8. The summed E-state index contributed by atoms with van der Waals surface area (Å²) in [5.74, 6) is -0.0692. The molecule has 0 aliphatic heterocycles. The molecule has 2 aromatic rings. The van der Waals surface area contributed by atoms with E-state index < -0.39 is 5.97 Å². The van der Waals surface area contributed by atoms with Crippen molar-refractivity contribution >= 4 is 34.9 Å². The number of esters is 1. The van der Waals surface area contributed by atoms with Crippen LogP contribution in [-0.4, -0.2) is 30.7 Å². The summed E-state index contributed by atoms with van der Waals surface area (Å²) in [7, 11) is 1.28. The lowest BCUT2D eigenvalue weighted by Gasteiger charge is -2.11. The molecule has 148 valence electrons. The predicted octanol–water partition coefficient (Wildman–Crippen LogP) is 3.46. The van der Waals surface area contributed by atoms with Crippen molar-refractivity contribution in [3.8, 4) is 5.75 Å². The molecule has 0 aliphatic rings. The summed E-state index contributed by atoms with van der Waals surface area (Å²) in [4.78, 5) is 22.8. The minimum Gasteiger partial charge on any atom is -0.494 e. The van der Waals surface area contributed by atoms with Crippen molar-refractivity contribution in [1.82, 2.24) is 5.32 Å². The minimum atomic E-state index is -0.439. The third kappa shape index (κ3) is 8.18. The maximum Gasteiger partial charge on any atom is 0.306 e. The molecule has 0 saturated carbocycles. The Balaban J connectivity index is 1.73. The Morgan fingerprint density at radius 1 is 1.04 bits per heavy atom. The number of nitrogens with one attached hydrogen (secondary N) is 2. The second kappa shape index (κ2) is 11.7. The lowest BCUT2D eigenvalue weighted by molar-refractivity contribution is -0.142. The normalized spacial score (nSPS) is 10.0. The quantitative estimate of drug-likeness (QED) is 0.381. The Labute approximate surface area is 170 Å². The number of hydrogen-bond donors (Lipinski definition) is 2. The summed E-state index contributed by atoms with van der Waals surface area (Å²) in [6.07, 6.45) is 1.90. The monoisotopic (exact) mass is 400 g/mol. The molecule has 0 heterocycles. The van der Waals surface area contributed by atoms with Crippen LogP contribution in [0.4, 0.5) is 5.69 Å². The van der Waals surface area contributed by atoms with Crippen LogP contribution in [0.3, 0.4) is 0 Å². The third-order valence-corrected chi connectivity index (χ3v) is 4.05. The maximum atomic E-state index is 11.8. The largest absolute Gasteiger partial charge is 0.494 e. The number of amides is 1. The fraction of sp³-hybridized carbons (Fsp3) is 0.286. The molecule has 2 rings (SSSR count). The van der Waals surface area contributed by atoms with Crippen molar-refractivity contribution in [1.29, 1.82) is 0 Å². The van der Waals surface area contributed by atoms with Gasteiger partial charge in [-0.3, -0.25) is 9.59 Å². The summed E-state index contributed by atoms with van der Waals surface area (Å²) in [5.41, 5.74) is 1.99. The SMILES string of the molecule is COC(=O)CCC(=O)NC(=S)Nc1cccc(OCCCc2ccccc2)c1. The van der Waals surface area contributed by atoms with Crippen LogP contribution in [0.15, 0.2) is 54.6 Å². The van der Waals surface area contributed by atoms with Crippen LogP contribution in [0.1, 0.15) is 24.8 Å². The summed E-state index contributed by atoms with van der Waals surface area (Å²) in [6, 6.07) is 17.6. The summed E-state index contributed by atoms with van der Waals surface area (Å²) in [6.45, 7) is 0.604. The lowest BCUT2D eigenvalue weighted by atomic mass is 10.1. The molecule has 0 aliphatic carbocycles. The summed E-state index contributed by atoms with van der Waals surface area (Å²) in [5, 5.41) is 5.63. The molecule has 7 heteroatoms. The molecule has 2 N–H and O–H groups in total. The predicted molar refractivity (Wildman–Crippen MR) is 112 cm³/mol. The van der Waals surface area contributed by atoms with Crippen molar-refractivity contribution in [2.24, 2.45) is 0 Å². The first-order chi connectivity index (χ1) is 13.6. The van der Waals surface area contributed by atoms with Gasteiger partial charge in [-0.15, -0.1) is 0 Å². The third-order valence-electron chi connectivity index (χ3n) is 3.85. The molecule has 0 saturated heterocycles. The Morgan fingerprint density at radius 3 is 2.57 bits per heavy atom. The highest BCUT2D eigenvalue weighted by atomic mass is 32.1. The first-order valence-electron chi connectivity index (χ1n) is 9.01. The van der Waals surface area contributed by atoms with Gasteiger partial charge in [-0.05, 0) is 42.8 Å². The van der Waals surface area contributed by atoms with E-state index >= 15 is 0 Å². The van der Waals surface area contributed by atoms with Gasteiger partial charge in [-0.2, -0.15) is 0 Å². The lowest BCUT2D eigenvalue weighted by Crippen LogP contribution is -2.34. The van der Waals surface area contributed by atoms with Gasteiger partial charge in [0.1, 0.15) is 5.75 Å². The van der Waals surface area contributed by atoms with Crippen molar-refractivity contribution in [3.05, 3.63) is 60.2 Å². The van der Waals surface area contributed by atoms with E-state index in [0.29, 0.717) is 12.3 Å². The number of benzene rings is 2. The maximum absolute atomic E-state index is 11.8. The van der Waals surface area contributed by atoms with E-state index in [-0.39, 0.29) is 23.9 Å². The number of hydrogen-bond acceptors (Lipinski definition) is 5. The molecule has 0 bridgehead atoms. The Hall–Kier alpha value is -2.93. The molecule has 2 aromatic carbocycles. The van der Waals surface area contributed by atoms with Gasteiger partial charge in [0.05, 0.1) is 20.1 Å². The molecular formula is C21H24N2O4S. The smallest absolute Gasteiger partial charge is 0.306 e. The fourth-order valence-electron chi connectivity index (χ4n) is 2.44. The van der Waals surface area contributed by atoms with Crippen molar-refractivity contribution in [2.45, 2.75) is 25.7 Å². The average Bonchev–Trinajstić information content (AvgIpc) is 2.70. The van der Waals surface area contributed by atoms with E-state index in [2.05, 4.69) is 27.5 Å². The van der Waals surface area contributed by atoms with E-state index in [1.54, 1.807) is 0 Å². The van der Waals surface area contributed by atoms with E-state index in [9.17, 15) is 9.59 Å². The molecule has 0 fully saturated rings. The highest BCUT2D eigenvalue weighted by Crippen LogP contribution is 2.17. The van der Waals surface area contributed by atoms with Crippen LogP contribution < -0.4 is 15.4 Å². The van der Waals surface area contributed by atoms with Crippen LogP contribution in [0.2, 0.25) is 0 Å². The Kier molecular flexibility index (Phi) is 8.94. The van der Waals surface area contributed by atoms with E-state index in [1.165, 1.54) is 12.7 Å². The number of thiocarbonyl (C=S) groups is 1. The van der Waals surface area contributed by atoms with Gasteiger partial charge in [-0.1, -0.05) is 36.4 Å². The van der Waals surface area contributed by atoms with Gasteiger partial charge >= 0.3 is 5.97 Å². The summed E-state index contributed by atoms with van der Waals surface area (Å²) >= 11 is 5.12. The van der Waals surface area contributed by atoms with Gasteiger partial charge in [0.2, 0.25) is 5.91 Å². The summed E-state index contributed by atoms with van der Waals surface area (Å²) < 4.78 is 10.3. The number of aryl methyl sites for hydroxylation is 1. The standard InChI is InChI=1S/C21H24N2O4S/c1-26-20(25)13-12-19(24)23-21(28)22-17-10-5-11-18(15-17)27-14-6-9-16-7-3-2-4-8-16/h2-5,7-8,10-11,15H,6,9,12-14H2,1H3,(H2,22,23,24,28). The molecule has 0 atom stereocenters. The van der Waals surface area contributed by atoms with Crippen LogP contribution in [0.5, 0.6) is 5.75 Å². The molecular weight excluding hydrogens is 376 g/mol. The van der Waals surface area contributed by atoms with Gasteiger partial charge < -0.3 is 20.1 Å². The first kappa shape index (κ1) is 21.4. The Morgan fingerprint density at radius 2 is 1.82 bits per heavy atom. The zero-order valence-corrected chi connectivity index (χ0v) is 16.6. The second-order valence-corrected chi connectivity index (χ2v) is 6.45. The van der Waals surface area contributed by atoms with Crippen molar-refractivity contribution in [2.75, 3.05) is 19.0 Å². The first-order valence-corrected chi connectivity index (χ1v) is 9.42. The molecule has 28 heavy (non-hydrogen) atoms. The number of ether oxygens (including phenoxy) is 2. The van der Waals surface area contributed by atoms with Gasteiger partial charge in [0.15, 0.2) is 5.11 Å². The number of carbonyl (C=O) groups excluding carboxylic acids is 2. The number of anilines is 1. The van der Waals surface area contributed by atoms with Crippen LogP contribution in [0.25, 0.3) is 0 Å². The highest BCUT2D eigenvalue weighted by Gasteiger charge is 2.09. The van der Waals surface area contributed by atoms with E-state index in [1.807, 2.05) is 42.5 Å². The fourth-order valence-corrected chi connectivity index (χ4v) is 2.68. The Bertz CT molecular complexity index is 796. The topological polar surface area (TPSA) is 76.7 Å². The number of carbonyl (C=O) groups is 2.